The lowest BCUT2D eigenvalue weighted by Gasteiger charge is -2.32. The van der Waals surface area contributed by atoms with E-state index in [-0.39, 0.29) is 16.8 Å². The highest BCUT2D eigenvalue weighted by Gasteiger charge is 2.26. The maximum atomic E-state index is 12.2. The van der Waals surface area contributed by atoms with Gasteiger partial charge in [-0.15, -0.1) is 0 Å². The maximum Gasteiger partial charge on any atom is 0.285 e. The van der Waals surface area contributed by atoms with Crippen LogP contribution in [0.1, 0.15) is 18.6 Å². The molecule has 1 amide bonds. The van der Waals surface area contributed by atoms with Gasteiger partial charge in [0.25, 0.3) is 5.56 Å². The van der Waals surface area contributed by atoms with Gasteiger partial charge in [-0.2, -0.15) is 5.10 Å². The number of aromatic amines is 1. The van der Waals surface area contributed by atoms with E-state index in [1.807, 2.05) is 11.0 Å². The van der Waals surface area contributed by atoms with Gasteiger partial charge in [-0.25, -0.2) is 5.10 Å². The van der Waals surface area contributed by atoms with E-state index in [1.165, 1.54) is 0 Å². The molecule has 0 atom stereocenters. The van der Waals surface area contributed by atoms with Crippen molar-refractivity contribution < 1.29 is 9.21 Å². The van der Waals surface area contributed by atoms with Crippen LogP contribution in [0.3, 0.4) is 0 Å². The van der Waals surface area contributed by atoms with Crippen molar-refractivity contribution in [2.45, 2.75) is 19.4 Å². The highest BCUT2D eigenvalue weighted by atomic mass is 35.5. The second-order valence-corrected chi connectivity index (χ2v) is 5.83. The molecule has 7 nitrogen and oxygen atoms in total. The van der Waals surface area contributed by atoms with Crippen LogP contribution in [0.5, 0.6) is 0 Å². The number of carbonyl (C=O) groups excluding carboxylic acids is 1. The summed E-state index contributed by atoms with van der Waals surface area (Å²) in [5.41, 5.74) is 0.215. The van der Waals surface area contributed by atoms with Gasteiger partial charge in [0.2, 0.25) is 5.91 Å². The Morgan fingerprint density at radius 2 is 2.26 bits per heavy atom. The van der Waals surface area contributed by atoms with Crippen LogP contribution < -0.4 is 15.8 Å². The molecule has 0 aliphatic carbocycles. The average Bonchev–Trinajstić information content (AvgIpc) is 3.09. The number of hydrogen-bond acceptors (Lipinski definition) is 5. The number of amides is 1. The first kappa shape index (κ1) is 15.6. The molecule has 0 spiro atoms. The summed E-state index contributed by atoms with van der Waals surface area (Å²) in [6.07, 6.45) is 4.53. The monoisotopic (exact) mass is 336 g/mol. The fraction of sp³-hybridized carbons (Fsp3) is 0.400. The van der Waals surface area contributed by atoms with Crippen molar-refractivity contribution in [1.29, 1.82) is 0 Å². The average molecular weight is 337 g/mol. The molecule has 122 valence electrons. The number of hydrogen-bond donors (Lipinski definition) is 2. The minimum absolute atomic E-state index is 0.0242. The highest BCUT2D eigenvalue weighted by molar-refractivity contribution is 6.33. The molecule has 0 bridgehead atoms. The number of aromatic nitrogens is 2. The van der Waals surface area contributed by atoms with Crippen molar-refractivity contribution in [2.75, 3.05) is 18.0 Å². The summed E-state index contributed by atoms with van der Waals surface area (Å²) in [6, 6.07) is 3.62. The third kappa shape index (κ3) is 3.56. The van der Waals surface area contributed by atoms with Crippen LogP contribution in [0.25, 0.3) is 0 Å². The topological polar surface area (TPSA) is 91.2 Å². The summed E-state index contributed by atoms with van der Waals surface area (Å²) >= 11 is 6.02. The number of anilines is 1. The van der Waals surface area contributed by atoms with Gasteiger partial charge in [0, 0.05) is 19.0 Å². The predicted molar refractivity (Wildman–Crippen MR) is 85.4 cm³/mol. The Hall–Kier alpha value is -2.28. The van der Waals surface area contributed by atoms with E-state index in [0.717, 1.165) is 5.76 Å². The summed E-state index contributed by atoms with van der Waals surface area (Å²) in [4.78, 5) is 25.7. The number of rotatable bonds is 4. The number of H-pyrrole nitrogens is 1. The number of nitrogens with one attached hydrogen (secondary N) is 2. The van der Waals surface area contributed by atoms with Gasteiger partial charge in [-0.1, -0.05) is 11.6 Å². The van der Waals surface area contributed by atoms with E-state index in [2.05, 4.69) is 15.5 Å². The smallest absolute Gasteiger partial charge is 0.285 e. The van der Waals surface area contributed by atoms with E-state index < -0.39 is 5.56 Å². The van der Waals surface area contributed by atoms with Crippen LogP contribution >= 0.6 is 11.6 Å². The Labute approximate surface area is 137 Å². The van der Waals surface area contributed by atoms with Crippen LogP contribution in [0, 0.1) is 5.92 Å². The van der Waals surface area contributed by atoms with Crippen molar-refractivity contribution in [3.8, 4) is 0 Å². The summed E-state index contributed by atoms with van der Waals surface area (Å²) in [5.74, 6) is 0.711. The molecule has 8 heteroatoms. The number of piperidine rings is 1. The van der Waals surface area contributed by atoms with Gasteiger partial charge in [-0.3, -0.25) is 9.59 Å². The van der Waals surface area contributed by atoms with E-state index >= 15 is 0 Å². The number of nitrogens with zero attached hydrogens (tertiary/aromatic N) is 2. The molecule has 2 N–H and O–H groups in total. The molecule has 0 aromatic carbocycles. The Balaban J connectivity index is 1.54. The highest BCUT2D eigenvalue weighted by Crippen LogP contribution is 2.26. The fourth-order valence-corrected chi connectivity index (χ4v) is 2.92. The Bertz CT molecular complexity index is 721. The third-order valence-electron chi connectivity index (χ3n) is 4.00. The molecular formula is C15H17ClN4O3. The van der Waals surface area contributed by atoms with Crippen molar-refractivity contribution in [1.82, 2.24) is 15.5 Å². The lowest BCUT2D eigenvalue weighted by molar-refractivity contribution is -0.125. The van der Waals surface area contributed by atoms with Crippen molar-refractivity contribution >= 4 is 23.2 Å². The molecule has 1 aliphatic rings. The predicted octanol–water partition coefficient (Wildman–Crippen LogP) is 1.55. The van der Waals surface area contributed by atoms with Crippen molar-refractivity contribution in [3.63, 3.8) is 0 Å². The van der Waals surface area contributed by atoms with Crippen LogP contribution in [0.2, 0.25) is 5.02 Å². The van der Waals surface area contributed by atoms with Gasteiger partial charge in [-0.05, 0) is 25.0 Å². The number of carbonyl (C=O) groups is 1. The minimum Gasteiger partial charge on any atom is -0.467 e. The molecule has 2 aromatic heterocycles. The second-order valence-electron chi connectivity index (χ2n) is 5.46. The zero-order valence-electron chi connectivity index (χ0n) is 12.4. The zero-order chi connectivity index (χ0) is 16.2. The SMILES string of the molecule is O=C(NCc1ccco1)C1CCN(c2cn[nH]c(=O)c2Cl)CC1. The van der Waals surface area contributed by atoms with Gasteiger partial charge in [0.1, 0.15) is 10.8 Å². The summed E-state index contributed by atoms with van der Waals surface area (Å²) in [6.45, 7) is 1.71. The quantitative estimate of drug-likeness (QED) is 0.884. The molecule has 0 radical (unpaired) electrons. The number of halogens is 1. The van der Waals surface area contributed by atoms with E-state index in [0.29, 0.717) is 38.2 Å². The molecule has 23 heavy (non-hydrogen) atoms. The second kappa shape index (κ2) is 6.87. The van der Waals surface area contributed by atoms with Gasteiger partial charge < -0.3 is 14.6 Å². The van der Waals surface area contributed by atoms with Gasteiger partial charge in [0.15, 0.2) is 0 Å². The van der Waals surface area contributed by atoms with Crippen LogP contribution in [0.4, 0.5) is 5.69 Å². The van der Waals surface area contributed by atoms with Crippen LogP contribution in [-0.2, 0) is 11.3 Å². The van der Waals surface area contributed by atoms with E-state index in [1.54, 1.807) is 18.5 Å². The lowest BCUT2D eigenvalue weighted by atomic mass is 9.95. The summed E-state index contributed by atoms with van der Waals surface area (Å²) < 4.78 is 5.19. The molecule has 3 rings (SSSR count). The molecule has 1 saturated heterocycles. The molecular weight excluding hydrogens is 320 g/mol. The Morgan fingerprint density at radius 1 is 1.48 bits per heavy atom. The molecule has 0 unspecified atom stereocenters. The third-order valence-corrected chi connectivity index (χ3v) is 4.37. The van der Waals surface area contributed by atoms with Gasteiger partial charge >= 0.3 is 0 Å². The first-order chi connectivity index (χ1) is 11.1. The summed E-state index contributed by atoms with van der Waals surface area (Å²) in [5, 5.41) is 9.10. The maximum absolute atomic E-state index is 12.2. The van der Waals surface area contributed by atoms with Crippen molar-refractivity contribution in [2.24, 2.45) is 5.92 Å². The van der Waals surface area contributed by atoms with Crippen LogP contribution in [-0.4, -0.2) is 29.2 Å². The van der Waals surface area contributed by atoms with Crippen LogP contribution in [0.15, 0.2) is 33.8 Å². The molecule has 0 saturated carbocycles. The van der Waals surface area contributed by atoms with E-state index in [4.69, 9.17) is 16.0 Å². The minimum atomic E-state index is -0.400. The molecule has 1 aliphatic heterocycles. The van der Waals surface area contributed by atoms with Gasteiger partial charge in [0.05, 0.1) is 24.7 Å². The molecule has 2 aromatic rings. The van der Waals surface area contributed by atoms with E-state index in [9.17, 15) is 9.59 Å². The molecule has 3 heterocycles. The summed E-state index contributed by atoms with van der Waals surface area (Å²) in [7, 11) is 0. The Morgan fingerprint density at radius 3 is 2.96 bits per heavy atom. The zero-order valence-corrected chi connectivity index (χ0v) is 13.2. The molecule has 1 fully saturated rings. The fourth-order valence-electron chi connectivity index (χ4n) is 2.71. The largest absolute Gasteiger partial charge is 0.467 e. The first-order valence-electron chi connectivity index (χ1n) is 7.43. The number of furan rings is 1. The first-order valence-corrected chi connectivity index (χ1v) is 7.81. The van der Waals surface area contributed by atoms with Crippen molar-refractivity contribution in [3.05, 3.63) is 45.7 Å². The normalized spacial score (nSPS) is 15.6. The lowest BCUT2D eigenvalue weighted by Crippen LogP contribution is -2.40. The standard InChI is InChI=1S/C15H17ClN4O3/c16-13-12(9-18-19-15(13)22)20-5-3-10(4-6-20)14(21)17-8-11-2-1-7-23-11/h1-2,7,9-10H,3-6,8H2,(H,17,21)(H,19,22). The Kier molecular flexibility index (Phi) is 4.66.